The Morgan fingerprint density at radius 1 is 1.06 bits per heavy atom. The maximum absolute atomic E-state index is 13.0. The molecule has 0 bridgehead atoms. The number of ether oxygens (including phenoxy) is 1. The van der Waals surface area contributed by atoms with Gasteiger partial charge in [0.05, 0.1) is 0 Å². The van der Waals surface area contributed by atoms with Crippen LogP contribution in [0.15, 0.2) is 54.1 Å². The number of hydrogen-bond acceptors (Lipinski definition) is 4. The number of amides is 2. The molecule has 0 aromatic heterocycles. The molecule has 0 aliphatic heterocycles. The van der Waals surface area contributed by atoms with E-state index >= 15 is 0 Å². The first-order chi connectivity index (χ1) is 15.0. The van der Waals surface area contributed by atoms with Gasteiger partial charge in [0.25, 0.3) is 11.8 Å². The zero-order valence-corrected chi connectivity index (χ0v) is 17.1. The molecule has 3 rings (SSSR count). The molecule has 1 saturated carbocycles. The molecule has 1 aliphatic rings. The molecule has 7 heteroatoms. The van der Waals surface area contributed by atoms with Crippen LogP contribution in [0.1, 0.15) is 37.7 Å². The molecule has 0 atom stereocenters. The highest BCUT2D eigenvalue weighted by molar-refractivity contribution is 6.09. The molecule has 0 unspecified atom stereocenters. The van der Waals surface area contributed by atoms with Crippen molar-refractivity contribution in [3.63, 3.8) is 0 Å². The van der Waals surface area contributed by atoms with Gasteiger partial charge in [-0.3, -0.25) is 9.59 Å². The Balaban J connectivity index is 1.53. The summed E-state index contributed by atoms with van der Waals surface area (Å²) < 4.78 is 18.5. The van der Waals surface area contributed by atoms with Crippen molar-refractivity contribution < 1.29 is 18.7 Å². The van der Waals surface area contributed by atoms with Crippen molar-refractivity contribution in [2.75, 3.05) is 11.9 Å². The number of nitrogens with one attached hydrogen (secondary N) is 2. The van der Waals surface area contributed by atoms with Crippen LogP contribution in [0.25, 0.3) is 6.08 Å². The van der Waals surface area contributed by atoms with Gasteiger partial charge < -0.3 is 15.4 Å². The number of carbonyl (C=O) groups excluding carboxylic acids is 2. The molecule has 6 nitrogen and oxygen atoms in total. The maximum atomic E-state index is 13.0. The second-order valence-corrected chi connectivity index (χ2v) is 7.39. The summed E-state index contributed by atoms with van der Waals surface area (Å²) in [5.74, 6) is -0.623. The topological polar surface area (TPSA) is 91.2 Å². The number of benzene rings is 2. The van der Waals surface area contributed by atoms with Crippen LogP contribution in [0.3, 0.4) is 0 Å². The van der Waals surface area contributed by atoms with Crippen LogP contribution in [0, 0.1) is 17.1 Å². The lowest BCUT2D eigenvalue weighted by Gasteiger charge is -2.22. The number of rotatable bonds is 7. The predicted octanol–water partition coefficient (Wildman–Crippen LogP) is 4.20. The average molecular weight is 421 g/mol. The Morgan fingerprint density at radius 2 is 1.74 bits per heavy atom. The molecule has 31 heavy (non-hydrogen) atoms. The molecule has 2 aromatic rings. The summed E-state index contributed by atoms with van der Waals surface area (Å²) in [5.41, 5.74) is 0.928. The third-order valence-electron chi connectivity index (χ3n) is 5.00. The highest BCUT2D eigenvalue weighted by Crippen LogP contribution is 2.18. The van der Waals surface area contributed by atoms with E-state index in [0.717, 1.165) is 25.7 Å². The molecule has 0 radical (unpaired) electrons. The van der Waals surface area contributed by atoms with Gasteiger partial charge in [0.2, 0.25) is 0 Å². The summed E-state index contributed by atoms with van der Waals surface area (Å²) in [6, 6.07) is 14.1. The minimum Gasteiger partial charge on any atom is -0.484 e. The summed E-state index contributed by atoms with van der Waals surface area (Å²) in [6.07, 6.45) is 7.00. The van der Waals surface area contributed by atoms with E-state index in [1.54, 1.807) is 24.3 Å². The van der Waals surface area contributed by atoms with Gasteiger partial charge in [0, 0.05) is 11.7 Å². The van der Waals surface area contributed by atoms with E-state index in [0.29, 0.717) is 17.0 Å². The van der Waals surface area contributed by atoms with Crippen molar-refractivity contribution in [2.24, 2.45) is 0 Å². The minimum absolute atomic E-state index is 0.0603. The summed E-state index contributed by atoms with van der Waals surface area (Å²) in [7, 11) is 0. The number of nitrogens with zero attached hydrogens (tertiary/aromatic N) is 1. The molecule has 0 spiro atoms. The lowest BCUT2D eigenvalue weighted by atomic mass is 9.95. The SMILES string of the molecule is N#C/C(=C\c1ccc(OCC(=O)NC2CCCCC2)cc1)C(=O)Nc1ccc(F)cc1. The molecule has 2 aromatic carbocycles. The van der Waals surface area contributed by atoms with Crippen molar-refractivity contribution in [3.8, 4) is 11.8 Å². The largest absolute Gasteiger partial charge is 0.484 e. The summed E-state index contributed by atoms with van der Waals surface area (Å²) in [4.78, 5) is 24.3. The van der Waals surface area contributed by atoms with Crippen LogP contribution >= 0.6 is 0 Å². The van der Waals surface area contributed by atoms with Gasteiger partial charge in [-0.1, -0.05) is 31.4 Å². The summed E-state index contributed by atoms with van der Waals surface area (Å²) in [5, 5.41) is 14.9. The van der Waals surface area contributed by atoms with Crippen LogP contribution in [-0.2, 0) is 9.59 Å². The van der Waals surface area contributed by atoms with E-state index in [-0.39, 0.29) is 24.1 Å². The first kappa shape index (κ1) is 22.0. The van der Waals surface area contributed by atoms with E-state index < -0.39 is 11.7 Å². The number of nitriles is 1. The number of halogens is 1. The number of anilines is 1. The Morgan fingerprint density at radius 3 is 2.39 bits per heavy atom. The van der Waals surface area contributed by atoms with Gasteiger partial charge in [-0.05, 0) is 60.9 Å². The molecule has 160 valence electrons. The quantitative estimate of drug-likeness (QED) is 0.518. The lowest BCUT2D eigenvalue weighted by molar-refractivity contribution is -0.124. The molecular formula is C24H24FN3O3. The lowest BCUT2D eigenvalue weighted by Crippen LogP contribution is -2.38. The van der Waals surface area contributed by atoms with Crippen LogP contribution in [-0.4, -0.2) is 24.5 Å². The van der Waals surface area contributed by atoms with E-state index in [4.69, 9.17) is 4.74 Å². The van der Waals surface area contributed by atoms with Crippen LogP contribution < -0.4 is 15.4 Å². The normalized spacial score (nSPS) is 14.4. The molecular weight excluding hydrogens is 397 g/mol. The van der Waals surface area contributed by atoms with E-state index in [9.17, 15) is 19.2 Å². The number of carbonyl (C=O) groups is 2. The van der Waals surface area contributed by atoms with Crippen LogP contribution in [0.4, 0.5) is 10.1 Å². The smallest absolute Gasteiger partial charge is 0.266 e. The second-order valence-electron chi connectivity index (χ2n) is 7.39. The van der Waals surface area contributed by atoms with E-state index in [1.807, 2.05) is 6.07 Å². The second kappa shape index (κ2) is 10.9. The van der Waals surface area contributed by atoms with Gasteiger partial charge in [0.15, 0.2) is 6.61 Å². The standard InChI is InChI=1S/C24H24FN3O3/c25-19-8-10-21(11-9-19)28-24(30)18(15-26)14-17-6-12-22(13-7-17)31-16-23(29)27-20-4-2-1-3-5-20/h6-14,20H,1-5,16H2,(H,27,29)(H,28,30)/b18-14+. The van der Waals surface area contributed by atoms with Crippen LogP contribution in [0.5, 0.6) is 5.75 Å². The first-order valence-corrected chi connectivity index (χ1v) is 10.2. The van der Waals surface area contributed by atoms with Crippen molar-refractivity contribution in [2.45, 2.75) is 38.1 Å². The number of hydrogen-bond donors (Lipinski definition) is 2. The molecule has 2 N–H and O–H groups in total. The van der Waals surface area contributed by atoms with Crippen molar-refractivity contribution in [1.29, 1.82) is 5.26 Å². The highest BCUT2D eigenvalue weighted by Gasteiger charge is 2.16. The zero-order chi connectivity index (χ0) is 22.1. The minimum atomic E-state index is -0.589. The fraction of sp³-hybridized carbons (Fsp3) is 0.292. The fourth-order valence-electron chi connectivity index (χ4n) is 3.37. The van der Waals surface area contributed by atoms with Gasteiger partial charge in [-0.25, -0.2) is 4.39 Å². The Kier molecular flexibility index (Phi) is 7.77. The average Bonchev–Trinajstić information content (AvgIpc) is 2.79. The van der Waals surface area contributed by atoms with E-state index in [1.165, 1.54) is 36.8 Å². The summed E-state index contributed by atoms with van der Waals surface area (Å²) >= 11 is 0. The first-order valence-electron chi connectivity index (χ1n) is 10.2. The van der Waals surface area contributed by atoms with Crippen molar-refractivity contribution in [3.05, 3.63) is 65.5 Å². The Labute approximate surface area is 180 Å². The van der Waals surface area contributed by atoms with Gasteiger partial charge in [-0.15, -0.1) is 0 Å². The fourth-order valence-corrected chi connectivity index (χ4v) is 3.37. The van der Waals surface area contributed by atoms with Gasteiger partial charge >= 0.3 is 0 Å². The maximum Gasteiger partial charge on any atom is 0.266 e. The van der Waals surface area contributed by atoms with Gasteiger partial charge in [-0.2, -0.15) is 5.26 Å². The summed E-state index contributed by atoms with van der Waals surface area (Å²) in [6.45, 7) is -0.0603. The zero-order valence-electron chi connectivity index (χ0n) is 17.1. The molecule has 0 heterocycles. The highest BCUT2D eigenvalue weighted by atomic mass is 19.1. The third kappa shape index (κ3) is 6.96. The predicted molar refractivity (Wildman–Crippen MR) is 116 cm³/mol. The van der Waals surface area contributed by atoms with Crippen molar-refractivity contribution in [1.82, 2.24) is 5.32 Å². The molecule has 1 fully saturated rings. The van der Waals surface area contributed by atoms with E-state index in [2.05, 4.69) is 10.6 Å². The van der Waals surface area contributed by atoms with Crippen LogP contribution in [0.2, 0.25) is 0 Å². The molecule has 1 aliphatic carbocycles. The molecule has 2 amide bonds. The van der Waals surface area contributed by atoms with Gasteiger partial charge in [0.1, 0.15) is 23.2 Å². The Bertz CT molecular complexity index is 973. The van der Waals surface area contributed by atoms with Crippen molar-refractivity contribution >= 4 is 23.6 Å². The Hall–Kier alpha value is -3.66. The third-order valence-corrected chi connectivity index (χ3v) is 5.00. The molecule has 0 saturated heterocycles. The monoisotopic (exact) mass is 421 g/mol.